The van der Waals surface area contributed by atoms with Crippen molar-refractivity contribution in [2.75, 3.05) is 0 Å². The maximum absolute atomic E-state index is 12.3. The van der Waals surface area contributed by atoms with Gasteiger partial charge in [-0.15, -0.1) is 6.58 Å². The molecule has 2 heteroatoms. The van der Waals surface area contributed by atoms with Crippen LogP contribution in [0.5, 0.6) is 0 Å². The molecule has 0 saturated carbocycles. The van der Waals surface area contributed by atoms with Gasteiger partial charge in [0.1, 0.15) is 0 Å². The van der Waals surface area contributed by atoms with Gasteiger partial charge in [-0.05, 0) is 18.1 Å². The number of benzene rings is 1. The van der Waals surface area contributed by atoms with Crippen molar-refractivity contribution in [3.63, 3.8) is 0 Å². The van der Waals surface area contributed by atoms with Crippen LogP contribution < -0.4 is 0 Å². The number of allylic oxidation sites excluding steroid dienone is 5. The number of carbonyl (C=O) groups excluding carboxylic acids is 2. The first-order valence-electron chi connectivity index (χ1n) is 6.29. The van der Waals surface area contributed by atoms with E-state index in [2.05, 4.69) is 6.58 Å². The van der Waals surface area contributed by atoms with Crippen LogP contribution in [0.1, 0.15) is 17.3 Å². The maximum Gasteiger partial charge on any atom is 0.192 e. The third kappa shape index (κ3) is 2.79. The van der Waals surface area contributed by atoms with Crippen LogP contribution in [0.4, 0.5) is 0 Å². The molecule has 2 nitrogen and oxygen atoms in total. The minimum Gasteiger partial charge on any atom is -0.294 e. The van der Waals surface area contributed by atoms with Crippen molar-refractivity contribution in [1.82, 2.24) is 0 Å². The lowest BCUT2D eigenvalue weighted by atomic mass is 9.83. The van der Waals surface area contributed by atoms with Crippen LogP contribution in [0.25, 0.3) is 0 Å². The van der Waals surface area contributed by atoms with Crippen molar-refractivity contribution >= 4 is 11.6 Å². The molecule has 2 unspecified atom stereocenters. The Kier molecular flexibility index (Phi) is 3.91. The van der Waals surface area contributed by atoms with E-state index in [1.165, 1.54) is 6.08 Å². The predicted octanol–water partition coefficient (Wildman–Crippen LogP) is 3.37. The largest absolute Gasteiger partial charge is 0.294 e. The van der Waals surface area contributed by atoms with Crippen LogP contribution >= 0.6 is 0 Å². The number of hydrogen-bond donors (Lipinski definition) is 0. The lowest BCUT2D eigenvalue weighted by molar-refractivity contribution is -0.117. The Labute approximate surface area is 113 Å². The second-order valence-corrected chi connectivity index (χ2v) is 4.67. The molecule has 1 aliphatic rings. The van der Waals surface area contributed by atoms with Gasteiger partial charge in [0, 0.05) is 17.1 Å². The number of ketones is 2. The Morgan fingerprint density at radius 2 is 1.95 bits per heavy atom. The Balaban J connectivity index is 2.30. The number of carbonyl (C=O) groups is 2. The second-order valence-electron chi connectivity index (χ2n) is 4.67. The van der Waals surface area contributed by atoms with Crippen molar-refractivity contribution in [3.05, 3.63) is 72.4 Å². The van der Waals surface area contributed by atoms with Crippen LogP contribution in [0, 0.1) is 11.8 Å². The molecule has 0 aliphatic heterocycles. The summed E-state index contributed by atoms with van der Waals surface area (Å²) in [5.41, 5.74) is 1.21. The molecule has 0 bridgehead atoms. The normalized spacial score (nSPS) is 19.7. The van der Waals surface area contributed by atoms with Gasteiger partial charge in [-0.1, -0.05) is 49.4 Å². The highest BCUT2D eigenvalue weighted by atomic mass is 16.1. The van der Waals surface area contributed by atoms with E-state index >= 15 is 0 Å². The summed E-state index contributed by atoms with van der Waals surface area (Å²) in [6.45, 7) is 5.63. The third-order valence-electron chi connectivity index (χ3n) is 3.35. The molecule has 0 N–H and O–H groups in total. The van der Waals surface area contributed by atoms with Crippen molar-refractivity contribution in [3.8, 4) is 0 Å². The molecule has 0 heterocycles. The molecule has 0 aromatic heterocycles. The van der Waals surface area contributed by atoms with Gasteiger partial charge < -0.3 is 0 Å². The molecule has 1 aliphatic carbocycles. The summed E-state index contributed by atoms with van der Waals surface area (Å²) in [6, 6.07) is 9.08. The quantitative estimate of drug-likeness (QED) is 0.608. The minimum absolute atomic E-state index is 0.0241. The molecule has 1 aromatic rings. The zero-order chi connectivity index (χ0) is 13.8. The summed E-state index contributed by atoms with van der Waals surface area (Å²) in [6.07, 6.45) is 6.58. The molecule has 0 amide bonds. The van der Waals surface area contributed by atoms with Gasteiger partial charge in [-0.2, -0.15) is 0 Å². The number of rotatable bonds is 4. The highest BCUT2D eigenvalue weighted by Gasteiger charge is 2.24. The molecule has 1 aromatic carbocycles. The highest BCUT2D eigenvalue weighted by Crippen LogP contribution is 2.24. The fraction of sp³-hybridized carbons (Fsp3) is 0.176. The first kappa shape index (κ1) is 13.2. The first-order valence-corrected chi connectivity index (χ1v) is 6.29. The third-order valence-corrected chi connectivity index (χ3v) is 3.35. The van der Waals surface area contributed by atoms with Gasteiger partial charge >= 0.3 is 0 Å². The number of hydrogen-bond acceptors (Lipinski definition) is 2. The summed E-state index contributed by atoms with van der Waals surface area (Å²) in [7, 11) is 0. The average Bonchev–Trinajstić information content (AvgIpc) is 2.47. The van der Waals surface area contributed by atoms with E-state index in [0.29, 0.717) is 11.1 Å². The fourth-order valence-corrected chi connectivity index (χ4v) is 2.08. The molecule has 19 heavy (non-hydrogen) atoms. The zero-order valence-corrected chi connectivity index (χ0v) is 10.9. The molecule has 2 rings (SSSR count). The van der Waals surface area contributed by atoms with Gasteiger partial charge in [0.15, 0.2) is 11.6 Å². The Bertz CT molecular complexity index is 564. The number of Topliss-reactive ketones (excluding diaryl/α,β-unsaturated/α-hetero) is 1. The van der Waals surface area contributed by atoms with Crippen LogP contribution in [0.2, 0.25) is 0 Å². The van der Waals surface area contributed by atoms with Gasteiger partial charge in [0.05, 0.1) is 0 Å². The maximum atomic E-state index is 12.3. The highest BCUT2D eigenvalue weighted by molar-refractivity contribution is 6.13. The molecule has 0 radical (unpaired) electrons. The van der Waals surface area contributed by atoms with Crippen LogP contribution in [-0.2, 0) is 4.79 Å². The van der Waals surface area contributed by atoms with Gasteiger partial charge in [-0.25, -0.2) is 0 Å². The van der Waals surface area contributed by atoms with Crippen molar-refractivity contribution in [2.45, 2.75) is 6.92 Å². The smallest absolute Gasteiger partial charge is 0.192 e. The van der Waals surface area contributed by atoms with E-state index in [0.717, 1.165) is 0 Å². The molecular weight excluding hydrogens is 236 g/mol. The van der Waals surface area contributed by atoms with Crippen LogP contribution in [0.3, 0.4) is 0 Å². The monoisotopic (exact) mass is 252 g/mol. The lowest BCUT2D eigenvalue weighted by Gasteiger charge is -2.19. The van der Waals surface area contributed by atoms with E-state index in [-0.39, 0.29) is 23.4 Å². The van der Waals surface area contributed by atoms with Crippen molar-refractivity contribution in [2.24, 2.45) is 11.8 Å². The standard InChI is InChI=1S/C17H16O2/c1-3-12(2)15-11-14(9-10-16(15)18)17(19)13-7-5-4-6-8-13/h3-12,15H,1H2,2H3. The molecule has 2 atom stereocenters. The SMILES string of the molecule is C=CC(C)C1C=C(C(=O)c2ccccc2)C=CC1=O. The van der Waals surface area contributed by atoms with Crippen LogP contribution in [-0.4, -0.2) is 11.6 Å². The molecule has 0 saturated heterocycles. The van der Waals surface area contributed by atoms with E-state index in [9.17, 15) is 9.59 Å². The van der Waals surface area contributed by atoms with Gasteiger partial charge in [0.25, 0.3) is 0 Å². The molecule has 0 fully saturated rings. The van der Waals surface area contributed by atoms with E-state index in [4.69, 9.17) is 0 Å². The van der Waals surface area contributed by atoms with Crippen molar-refractivity contribution in [1.29, 1.82) is 0 Å². The molecule has 96 valence electrons. The minimum atomic E-state index is -0.287. The lowest BCUT2D eigenvalue weighted by Crippen LogP contribution is -2.21. The van der Waals surface area contributed by atoms with Crippen LogP contribution in [0.15, 0.2) is 66.8 Å². The van der Waals surface area contributed by atoms with E-state index in [1.54, 1.807) is 30.4 Å². The first-order chi connectivity index (χ1) is 9.13. The van der Waals surface area contributed by atoms with Crippen molar-refractivity contribution < 1.29 is 9.59 Å². The average molecular weight is 252 g/mol. The summed E-state index contributed by atoms with van der Waals surface area (Å²) < 4.78 is 0. The Hall–Kier alpha value is -2.22. The fourth-order valence-electron chi connectivity index (χ4n) is 2.08. The summed E-state index contributed by atoms with van der Waals surface area (Å²) >= 11 is 0. The predicted molar refractivity (Wildman–Crippen MR) is 75.9 cm³/mol. The van der Waals surface area contributed by atoms with E-state index in [1.807, 2.05) is 25.1 Å². The molecular formula is C17H16O2. The Morgan fingerprint density at radius 1 is 1.26 bits per heavy atom. The summed E-state index contributed by atoms with van der Waals surface area (Å²) in [4.78, 5) is 24.1. The zero-order valence-electron chi connectivity index (χ0n) is 10.9. The Morgan fingerprint density at radius 3 is 2.58 bits per heavy atom. The van der Waals surface area contributed by atoms with Gasteiger partial charge in [0.2, 0.25) is 0 Å². The topological polar surface area (TPSA) is 34.1 Å². The summed E-state index contributed by atoms with van der Waals surface area (Å²) in [5.74, 6) is -0.288. The summed E-state index contributed by atoms with van der Waals surface area (Å²) in [5, 5.41) is 0. The van der Waals surface area contributed by atoms with E-state index < -0.39 is 0 Å². The second kappa shape index (κ2) is 5.61. The molecule has 0 spiro atoms. The van der Waals surface area contributed by atoms with Gasteiger partial charge in [-0.3, -0.25) is 9.59 Å².